The average molecular weight is 535 g/mol. The second-order valence-electron chi connectivity index (χ2n) is 10.2. The standard InChI is InChI=1S/C27H26N4O8/c28-25(37)19-22(34)20(31-6-8-39-9-7-31)15-11-12-10-14-13(26-29-4-1-5-30-26)2-3-16(32)18(14)21(33)17(12)23(35)27(15,38)24(19)36/h1-5,12,15,20,32-33,36,38H,6-11H2,(H2,28,37). The fraction of sp³-hybridized carbons (Fsp3) is 0.370. The summed E-state index contributed by atoms with van der Waals surface area (Å²) in [5.41, 5.74) is 2.76. The van der Waals surface area contributed by atoms with Gasteiger partial charge < -0.3 is 30.9 Å². The van der Waals surface area contributed by atoms with E-state index in [0.29, 0.717) is 43.3 Å². The molecule has 0 spiro atoms. The molecular weight excluding hydrogens is 508 g/mol. The summed E-state index contributed by atoms with van der Waals surface area (Å²) < 4.78 is 5.40. The fourth-order valence-electron chi connectivity index (χ4n) is 6.57. The number of aromatic hydroxyl groups is 1. The topological polar surface area (TPSA) is 196 Å². The summed E-state index contributed by atoms with van der Waals surface area (Å²) in [6.07, 6.45) is 3.28. The van der Waals surface area contributed by atoms with Crippen LogP contribution in [-0.2, 0) is 25.5 Å². The van der Waals surface area contributed by atoms with Gasteiger partial charge in [0.1, 0.15) is 22.8 Å². The summed E-state index contributed by atoms with van der Waals surface area (Å²) in [5.74, 6) is -6.51. The number of carbonyl (C=O) groups is 3. The Labute approximate surface area is 222 Å². The van der Waals surface area contributed by atoms with E-state index in [9.17, 15) is 34.8 Å². The van der Waals surface area contributed by atoms with Crippen LogP contribution in [0.1, 0.15) is 17.5 Å². The van der Waals surface area contributed by atoms with Gasteiger partial charge in [0.25, 0.3) is 5.91 Å². The number of aromatic nitrogens is 2. The van der Waals surface area contributed by atoms with Crippen LogP contribution in [0.4, 0.5) is 0 Å². The maximum Gasteiger partial charge on any atom is 0.255 e. The summed E-state index contributed by atoms with van der Waals surface area (Å²) in [4.78, 5) is 50.1. The maximum absolute atomic E-state index is 14.0. The number of carbonyl (C=O) groups excluding carboxylic acids is 3. The number of Topliss-reactive ketones (excluding diaryl/α,β-unsaturated/α-hetero) is 2. The molecule has 1 saturated carbocycles. The van der Waals surface area contributed by atoms with Gasteiger partial charge in [0.05, 0.1) is 24.8 Å². The lowest BCUT2D eigenvalue weighted by molar-refractivity contribution is -0.157. The van der Waals surface area contributed by atoms with Crippen molar-refractivity contribution in [3.8, 4) is 17.1 Å². The molecule has 39 heavy (non-hydrogen) atoms. The number of aliphatic hydroxyl groups is 3. The molecule has 1 aromatic heterocycles. The average Bonchev–Trinajstić information content (AvgIpc) is 2.92. The van der Waals surface area contributed by atoms with Crippen LogP contribution < -0.4 is 5.73 Å². The SMILES string of the molecule is NC(=O)C1=C(O)C2(O)C(=O)C3=C(O)c4c(O)ccc(-c5ncccn5)c4CC3CC2C(N2CCOCC2)C1=O. The Bertz CT molecular complexity index is 1480. The molecule has 3 aliphatic carbocycles. The summed E-state index contributed by atoms with van der Waals surface area (Å²) >= 11 is 0. The van der Waals surface area contributed by atoms with Gasteiger partial charge in [-0.25, -0.2) is 9.97 Å². The molecule has 12 heteroatoms. The maximum atomic E-state index is 14.0. The number of primary amides is 1. The highest BCUT2D eigenvalue weighted by atomic mass is 16.5. The van der Waals surface area contributed by atoms with E-state index in [1.165, 1.54) is 6.07 Å². The quantitative estimate of drug-likeness (QED) is 0.337. The van der Waals surface area contributed by atoms with E-state index in [0.717, 1.165) is 0 Å². The minimum atomic E-state index is -2.69. The molecular formula is C27H26N4O8. The van der Waals surface area contributed by atoms with E-state index in [4.69, 9.17) is 10.5 Å². The molecule has 0 radical (unpaired) electrons. The number of rotatable bonds is 3. The number of ketones is 2. The number of nitrogens with zero attached hydrogens (tertiary/aromatic N) is 3. The summed E-state index contributed by atoms with van der Waals surface area (Å²) in [5, 5.41) is 45.0. The highest BCUT2D eigenvalue weighted by Gasteiger charge is 2.64. The number of nitrogens with two attached hydrogens (primary N) is 1. The van der Waals surface area contributed by atoms with E-state index in [-0.39, 0.29) is 29.7 Å². The van der Waals surface area contributed by atoms with Crippen LogP contribution in [0.3, 0.4) is 0 Å². The first-order chi connectivity index (χ1) is 18.7. The van der Waals surface area contributed by atoms with E-state index in [2.05, 4.69) is 9.97 Å². The van der Waals surface area contributed by atoms with Gasteiger partial charge in [-0.2, -0.15) is 0 Å². The number of fused-ring (bicyclic) bond motifs is 3. The molecule has 1 amide bonds. The number of hydrogen-bond acceptors (Lipinski definition) is 11. The van der Waals surface area contributed by atoms with E-state index < -0.39 is 58.0 Å². The lowest BCUT2D eigenvalue weighted by Gasteiger charge is -2.51. The van der Waals surface area contributed by atoms with Crippen LogP contribution in [0, 0.1) is 11.8 Å². The summed E-state index contributed by atoms with van der Waals surface area (Å²) in [7, 11) is 0. The smallest absolute Gasteiger partial charge is 0.255 e. The van der Waals surface area contributed by atoms with Crippen LogP contribution >= 0.6 is 0 Å². The molecule has 1 aliphatic heterocycles. The van der Waals surface area contributed by atoms with Crippen molar-refractivity contribution in [1.82, 2.24) is 14.9 Å². The largest absolute Gasteiger partial charge is 0.508 e. The van der Waals surface area contributed by atoms with Crippen molar-refractivity contribution in [1.29, 1.82) is 0 Å². The van der Waals surface area contributed by atoms with E-state index in [1.54, 1.807) is 29.4 Å². The van der Waals surface area contributed by atoms with Crippen molar-refractivity contribution in [2.24, 2.45) is 17.6 Å². The molecule has 4 aliphatic rings. The van der Waals surface area contributed by atoms with Crippen LogP contribution in [0.5, 0.6) is 5.75 Å². The van der Waals surface area contributed by atoms with Crippen LogP contribution in [0.2, 0.25) is 0 Å². The Hall–Kier alpha value is -4.13. The predicted molar refractivity (Wildman–Crippen MR) is 134 cm³/mol. The van der Waals surface area contributed by atoms with Crippen LogP contribution in [-0.4, -0.2) is 90.7 Å². The lowest BCUT2D eigenvalue weighted by atomic mass is 9.57. The zero-order valence-electron chi connectivity index (χ0n) is 20.7. The Morgan fingerprint density at radius 3 is 2.46 bits per heavy atom. The van der Waals surface area contributed by atoms with Crippen molar-refractivity contribution in [3.05, 3.63) is 58.6 Å². The highest BCUT2D eigenvalue weighted by molar-refractivity contribution is 6.24. The molecule has 2 heterocycles. The molecule has 6 N–H and O–H groups in total. The number of aliphatic hydroxyl groups excluding tert-OH is 2. The van der Waals surface area contributed by atoms with Crippen LogP contribution in [0.25, 0.3) is 17.1 Å². The molecule has 6 rings (SSSR count). The van der Waals surface area contributed by atoms with Gasteiger partial charge >= 0.3 is 0 Å². The van der Waals surface area contributed by atoms with Crippen molar-refractivity contribution in [2.75, 3.05) is 26.3 Å². The first-order valence-corrected chi connectivity index (χ1v) is 12.6. The highest BCUT2D eigenvalue weighted by Crippen LogP contribution is 2.53. The van der Waals surface area contributed by atoms with Gasteiger partial charge in [0.2, 0.25) is 5.78 Å². The normalized spacial score (nSPS) is 29.1. The number of phenols is 1. The fourth-order valence-corrected chi connectivity index (χ4v) is 6.57. The zero-order chi connectivity index (χ0) is 27.6. The monoisotopic (exact) mass is 534 g/mol. The molecule has 202 valence electrons. The molecule has 12 nitrogen and oxygen atoms in total. The van der Waals surface area contributed by atoms with Crippen LogP contribution in [0.15, 0.2) is 47.5 Å². The van der Waals surface area contributed by atoms with Crippen molar-refractivity contribution in [3.63, 3.8) is 0 Å². The van der Waals surface area contributed by atoms with Crippen molar-refractivity contribution < 1.29 is 39.5 Å². The number of amides is 1. The molecule has 1 saturated heterocycles. The minimum absolute atomic E-state index is 0.00295. The van der Waals surface area contributed by atoms with Gasteiger partial charge in [0, 0.05) is 42.5 Å². The molecule has 2 aromatic rings. The Morgan fingerprint density at radius 2 is 1.79 bits per heavy atom. The molecule has 2 fully saturated rings. The number of hydrogen-bond donors (Lipinski definition) is 5. The van der Waals surface area contributed by atoms with Crippen molar-refractivity contribution in [2.45, 2.75) is 24.5 Å². The zero-order valence-corrected chi connectivity index (χ0v) is 20.7. The van der Waals surface area contributed by atoms with Gasteiger partial charge in [-0.05, 0) is 42.5 Å². The number of phenolic OH excluding ortho intramolecular Hbond substituents is 1. The molecule has 1 aromatic carbocycles. The van der Waals surface area contributed by atoms with E-state index in [1.807, 2.05) is 0 Å². The molecule has 4 atom stereocenters. The third-order valence-corrected chi connectivity index (χ3v) is 8.29. The van der Waals surface area contributed by atoms with Gasteiger partial charge in [0.15, 0.2) is 17.2 Å². The first kappa shape index (κ1) is 25.2. The number of morpholine rings is 1. The first-order valence-electron chi connectivity index (χ1n) is 12.6. The van der Waals surface area contributed by atoms with Gasteiger partial charge in [-0.15, -0.1) is 0 Å². The number of ether oxygens (including phenoxy) is 1. The molecule has 0 bridgehead atoms. The predicted octanol–water partition coefficient (Wildman–Crippen LogP) is 0.192. The summed E-state index contributed by atoms with van der Waals surface area (Å²) in [6, 6.07) is 3.49. The Balaban J connectivity index is 1.55. The third kappa shape index (κ3) is 3.52. The lowest BCUT2D eigenvalue weighted by Crippen LogP contribution is -2.67. The van der Waals surface area contributed by atoms with Gasteiger partial charge in [-0.1, -0.05) is 0 Å². The Kier molecular flexibility index (Phi) is 5.79. The van der Waals surface area contributed by atoms with Crippen molar-refractivity contribution >= 4 is 23.2 Å². The summed E-state index contributed by atoms with van der Waals surface area (Å²) in [6.45, 7) is 1.20. The second kappa shape index (κ2) is 8.97. The Morgan fingerprint density at radius 1 is 1.10 bits per heavy atom. The number of benzene rings is 1. The van der Waals surface area contributed by atoms with Gasteiger partial charge in [-0.3, -0.25) is 19.3 Å². The third-order valence-electron chi connectivity index (χ3n) is 8.29. The second-order valence-corrected chi connectivity index (χ2v) is 10.2. The minimum Gasteiger partial charge on any atom is -0.508 e. The molecule has 4 unspecified atom stereocenters. The van der Waals surface area contributed by atoms with E-state index >= 15 is 0 Å².